The third-order valence-corrected chi connectivity index (χ3v) is 13.2. The average Bonchev–Trinajstić information content (AvgIpc) is 3.80. The van der Waals surface area contributed by atoms with Crippen molar-refractivity contribution >= 4 is 172 Å². The molecule has 0 N–H and O–H groups in total. The van der Waals surface area contributed by atoms with Crippen LogP contribution in [0.5, 0.6) is 0 Å². The van der Waals surface area contributed by atoms with Crippen molar-refractivity contribution in [2.75, 3.05) is 0 Å². The predicted molar refractivity (Wildman–Crippen MR) is 216 cm³/mol. The van der Waals surface area contributed by atoms with Gasteiger partial charge in [-0.05, 0) is 48.5 Å². The fourth-order valence-corrected chi connectivity index (χ4v) is 9.91. The normalized spacial score (nSPS) is 11.9. The summed E-state index contributed by atoms with van der Waals surface area (Å²) >= 11 is 30.0. The molecule has 0 spiro atoms. The van der Waals surface area contributed by atoms with E-state index in [1.165, 1.54) is 0 Å². The van der Waals surface area contributed by atoms with E-state index in [9.17, 15) is 0 Å². The summed E-state index contributed by atoms with van der Waals surface area (Å²) in [5, 5.41) is 3.10. The molecule has 49 heavy (non-hydrogen) atoms. The van der Waals surface area contributed by atoms with Crippen molar-refractivity contribution in [3.63, 3.8) is 0 Å². The van der Waals surface area contributed by atoms with Crippen LogP contribution in [0, 0.1) is 0 Å². The van der Waals surface area contributed by atoms with E-state index in [1.807, 2.05) is 48.5 Å². The molecule has 5 heterocycles. The quantitative estimate of drug-likeness (QED) is 0.138. The maximum atomic E-state index is 5.08. The van der Waals surface area contributed by atoms with Gasteiger partial charge in [-0.3, -0.25) is 0 Å². The van der Waals surface area contributed by atoms with Crippen LogP contribution in [0.2, 0.25) is 0 Å². The van der Waals surface area contributed by atoms with E-state index in [0.717, 1.165) is 79.6 Å². The molecule has 0 fully saturated rings. The third-order valence-electron chi connectivity index (χ3n) is 7.90. The molecule has 4 aromatic carbocycles. The minimum atomic E-state index is 0. The van der Waals surface area contributed by atoms with Crippen molar-refractivity contribution in [3.8, 4) is 45.6 Å². The molecule has 0 saturated heterocycles. The molecular weight excluding hydrogens is 1200 g/mol. The van der Waals surface area contributed by atoms with E-state index in [1.54, 1.807) is 0 Å². The van der Waals surface area contributed by atoms with Gasteiger partial charge in [-0.25, -0.2) is 9.97 Å². The summed E-state index contributed by atoms with van der Waals surface area (Å²) in [4.78, 5) is 40.3. The van der Waals surface area contributed by atoms with Crippen LogP contribution in [0.3, 0.4) is 0 Å². The predicted octanol–water partition coefficient (Wildman–Crippen LogP) is 12.2. The molecule has 0 saturated carbocycles. The number of aromatic nitrogens is 8. The van der Waals surface area contributed by atoms with Crippen LogP contribution in [0.15, 0.2) is 84.3 Å². The Hall–Kier alpha value is -1.40. The maximum absolute atomic E-state index is 5.08. The van der Waals surface area contributed by atoms with Crippen molar-refractivity contribution in [1.82, 2.24) is 39.9 Å². The molecule has 3 aromatic heterocycles. The monoisotopic (exact) mass is 1200 g/mol. The zero-order valence-electron chi connectivity index (χ0n) is 23.5. The fraction of sp³-hybridized carbons (Fsp3) is 0. The Morgan fingerprint density at radius 1 is 0.306 bits per heavy atom. The number of rotatable bonds is 0. The molecule has 0 aliphatic carbocycles. The first-order valence-electron chi connectivity index (χ1n) is 13.7. The van der Waals surface area contributed by atoms with Crippen LogP contribution in [0.4, 0.5) is 0 Å². The van der Waals surface area contributed by atoms with Gasteiger partial charge in [0.05, 0.1) is 23.3 Å². The zero-order chi connectivity index (χ0) is 33.2. The molecule has 1 radical (unpaired) electrons. The van der Waals surface area contributed by atoms with Gasteiger partial charge in [0, 0.05) is 102 Å². The number of nitrogens with zero attached hydrogens (tertiary/aromatic N) is 8. The average molecular weight is 1210 g/mol. The number of hydrogen-bond acceptors (Lipinski definition) is 6. The van der Waals surface area contributed by atoms with E-state index < -0.39 is 0 Å². The van der Waals surface area contributed by atoms with Crippen molar-refractivity contribution in [1.29, 1.82) is 0 Å². The van der Waals surface area contributed by atoms with Gasteiger partial charge >= 0.3 is 17.1 Å². The van der Waals surface area contributed by atoms with E-state index in [2.05, 4.69) is 127 Å². The molecule has 0 unspecified atom stereocenters. The Morgan fingerprint density at radius 2 is 0.510 bits per heavy atom. The largest absolute Gasteiger partial charge is 2.00 e. The minimum Gasteiger partial charge on any atom is -0.357 e. The number of halogens is 8. The summed E-state index contributed by atoms with van der Waals surface area (Å²) in [6.07, 6.45) is 0. The summed E-state index contributed by atoms with van der Waals surface area (Å²) < 4.78 is 6.46. The SMILES string of the molecule is Brc1ccc(Br)c2c1-c1nc-2nc2[n-]c(nc3nc(nc4[n-]c(n1)c1c(Br)ccc(Br)c41)-c1c(Br)ccc(Br)c1-3)c1c(Br)ccc(Br)c21.[Cu+2]. The van der Waals surface area contributed by atoms with Crippen molar-refractivity contribution in [3.05, 3.63) is 84.3 Å². The molecule has 0 atom stereocenters. The van der Waals surface area contributed by atoms with E-state index in [4.69, 9.17) is 39.9 Å². The second-order valence-electron chi connectivity index (χ2n) is 10.6. The molecule has 8 bridgehead atoms. The van der Waals surface area contributed by atoms with E-state index in [0.29, 0.717) is 45.9 Å². The molecule has 8 nitrogen and oxygen atoms in total. The molecular formula is C32H8Br8CuN8. The Bertz CT molecular complexity index is 2430. The molecule has 17 heteroatoms. The molecule has 2 aliphatic heterocycles. The minimum absolute atomic E-state index is 0. The first kappa shape index (κ1) is 34.7. The summed E-state index contributed by atoms with van der Waals surface area (Å²) in [5.74, 6) is 1.75. The van der Waals surface area contributed by atoms with Crippen molar-refractivity contribution in [2.24, 2.45) is 0 Å². The van der Waals surface area contributed by atoms with Crippen LogP contribution >= 0.6 is 127 Å². The molecule has 9 rings (SSSR count). The van der Waals surface area contributed by atoms with Gasteiger partial charge in [0.15, 0.2) is 0 Å². The van der Waals surface area contributed by atoms with Gasteiger partial charge in [-0.2, -0.15) is 0 Å². The van der Waals surface area contributed by atoms with Crippen molar-refractivity contribution < 1.29 is 17.1 Å². The van der Waals surface area contributed by atoms with Gasteiger partial charge in [0.2, 0.25) is 0 Å². The molecule has 7 aromatic rings. The van der Waals surface area contributed by atoms with Gasteiger partial charge in [-0.15, -0.1) is 0 Å². The molecule has 2 aliphatic rings. The summed E-state index contributed by atoms with van der Waals surface area (Å²) in [7, 11) is 0. The number of fused-ring (bicyclic) bond motifs is 20. The summed E-state index contributed by atoms with van der Waals surface area (Å²) in [5.41, 5.74) is 4.85. The van der Waals surface area contributed by atoms with Crippen LogP contribution in [-0.4, -0.2) is 29.9 Å². The van der Waals surface area contributed by atoms with Gasteiger partial charge in [-0.1, -0.05) is 127 Å². The Morgan fingerprint density at radius 3 is 0.735 bits per heavy atom. The van der Waals surface area contributed by atoms with Gasteiger partial charge in [0.25, 0.3) is 0 Å². The van der Waals surface area contributed by atoms with Crippen LogP contribution in [0.1, 0.15) is 0 Å². The Kier molecular flexibility index (Phi) is 9.14. The summed E-state index contributed by atoms with van der Waals surface area (Å²) in [6, 6.07) is 15.6. The topological polar surface area (TPSA) is 106 Å². The first-order chi connectivity index (χ1) is 23.1. The maximum Gasteiger partial charge on any atom is 2.00 e. The van der Waals surface area contributed by atoms with Gasteiger partial charge in [0.1, 0.15) is 0 Å². The molecule has 243 valence electrons. The van der Waals surface area contributed by atoms with Crippen LogP contribution < -0.4 is 9.97 Å². The van der Waals surface area contributed by atoms with Crippen LogP contribution in [-0.2, 0) is 17.1 Å². The standard InChI is InChI=1S/C32H8Br8N8.Cu/c33-9-1-2-10(34)18-17(9)25-41-26(18)46-28-21-13(37)5-6-14(38)22(21)30(43-28)48-32-24-16(40)8-7-15(39)23(24)31(44-32)47-29-20-12(36)4-3-11(35)19(20)27(42-29)45-25;/h1-8H;/q-2;+2. The van der Waals surface area contributed by atoms with Crippen molar-refractivity contribution in [2.45, 2.75) is 0 Å². The number of benzene rings is 4. The smallest absolute Gasteiger partial charge is 0.357 e. The summed E-state index contributed by atoms with van der Waals surface area (Å²) in [6.45, 7) is 0. The van der Waals surface area contributed by atoms with Crippen LogP contribution in [0.25, 0.3) is 89.7 Å². The second kappa shape index (κ2) is 12.9. The Labute approximate surface area is 354 Å². The Balaban J connectivity index is 0.00000348. The zero-order valence-corrected chi connectivity index (χ0v) is 37.2. The molecule has 0 amide bonds. The number of hydrogen-bond donors (Lipinski definition) is 0. The third kappa shape index (κ3) is 5.43. The van der Waals surface area contributed by atoms with Gasteiger partial charge < -0.3 is 29.9 Å². The van der Waals surface area contributed by atoms with E-state index >= 15 is 0 Å². The first-order valence-corrected chi connectivity index (χ1v) is 20.1. The second-order valence-corrected chi connectivity index (χ2v) is 17.4. The fourth-order valence-electron chi connectivity index (χ4n) is 5.85. The van der Waals surface area contributed by atoms with E-state index in [-0.39, 0.29) is 17.1 Å².